The molecule has 0 radical (unpaired) electrons. The molecule has 0 saturated carbocycles. The Balaban J connectivity index is 3.01. The van der Waals surface area contributed by atoms with E-state index in [9.17, 15) is 4.79 Å². The zero-order valence-corrected chi connectivity index (χ0v) is 11.1. The van der Waals surface area contributed by atoms with Crippen LogP contribution in [0.3, 0.4) is 0 Å². The number of rotatable bonds is 5. The Bertz CT molecular complexity index is 391. The predicted molar refractivity (Wildman–Crippen MR) is 67.3 cm³/mol. The quantitative estimate of drug-likeness (QED) is 0.769. The van der Waals surface area contributed by atoms with Gasteiger partial charge in [0.15, 0.2) is 4.77 Å². The first-order valence-electron chi connectivity index (χ1n) is 5.45. The summed E-state index contributed by atoms with van der Waals surface area (Å²) in [5, 5.41) is 5.21. The molecular weight excluding hydrogens is 224 g/mol. The summed E-state index contributed by atoms with van der Waals surface area (Å²) < 4.78 is 2.10. The summed E-state index contributed by atoms with van der Waals surface area (Å²) in [6, 6.07) is 0.123. The number of likely N-dealkylation sites (N-methyl/N-ethyl adjacent to an activating group) is 1. The second-order valence-electron chi connectivity index (χ2n) is 4.78. The monoisotopic (exact) mass is 244 g/mol. The van der Waals surface area contributed by atoms with Gasteiger partial charge in [-0.25, -0.2) is 9.89 Å². The van der Waals surface area contributed by atoms with Gasteiger partial charge in [-0.15, -0.1) is 0 Å². The van der Waals surface area contributed by atoms with Gasteiger partial charge in [0.2, 0.25) is 0 Å². The molecular formula is C10H20N4OS. The standard InChI is InChI=1S/C10H20N4OS/c1-7(2)5-8(6-13(3)4)14-9(15)11-12-10(14)16/h7-8H,5-6H2,1-4H3,(H,11,15)(H,12,16). The van der Waals surface area contributed by atoms with E-state index >= 15 is 0 Å². The lowest BCUT2D eigenvalue weighted by Crippen LogP contribution is -2.31. The number of aromatic nitrogens is 3. The third-order valence-electron chi connectivity index (χ3n) is 2.40. The number of H-pyrrole nitrogens is 2. The Hall–Kier alpha value is -0.880. The van der Waals surface area contributed by atoms with Crippen molar-refractivity contribution in [2.45, 2.75) is 26.3 Å². The van der Waals surface area contributed by atoms with Gasteiger partial charge in [0.1, 0.15) is 0 Å². The van der Waals surface area contributed by atoms with Crippen molar-refractivity contribution < 1.29 is 0 Å². The van der Waals surface area contributed by atoms with Gasteiger partial charge in [-0.2, -0.15) is 0 Å². The molecule has 6 heteroatoms. The van der Waals surface area contributed by atoms with E-state index in [-0.39, 0.29) is 11.7 Å². The van der Waals surface area contributed by atoms with E-state index in [1.807, 2.05) is 14.1 Å². The van der Waals surface area contributed by atoms with E-state index in [0.717, 1.165) is 13.0 Å². The lowest BCUT2D eigenvalue weighted by molar-refractivity contribution is 0.283. The predicted octanol–water partition coefficient (Wildman–Crippen LogP) is 1.38. The van der Waals surface area contributed by atoms with E-state index in [0.29, 0.717) is 10.7 Å². The molecule has 0 aliphatic carbocycles. The van der Waals surface area contributed by atoms with Gasteiger partial charge in [-0.05, 0) is 38.7 Å². The molecule has 1 unspecified atom stereocenters. The summed E-state index contributed by atoms with van der Waals surface area (Å²) in [7, 11) is 4.00. The average molecular weight is 244 g/mol. The highest BCUT2D eigenvalue weighted by molar-refractivity contribution is 7.71. The minimum Gasteiger partial charge on any atom is -0.307 e. The highest BCUT2D eigenvalue weighted by Crippen LogP contribution is 2.16. The number of hydrogen-bond donors (Lipinski definition) is 2. The number of hydrogen-bond acceptors (Lipinski definition) is 3. The summed E-state index contributed by atoms with van der Waals surface area (Å²) >= 11 is 5.11. The lowest BCUT2D eigenvalue weighted by Gasteiger charge is -2.22. The summed E-state index contributed by atoms with van der Waals surface area (Å²) in [5.74, 6) is 0.529. The lowest BCUT2D eigenvalue weighted by atomic mass is 10.0. The van der Waals surface area contributed by atoms with Crippen molar-refractivity contribution in [1.29, 1.82) is 0 Å². The molecule has 0 amide bonds. The number of nitrogens with zero attached hydrogens (tertiary/aromatic N) is 2. The van der Waals surface area contributed by atoms with Crippen molar-refractivity contribution >= 4 is 12.2 Å². The minimum atomic E-state index is -0.155. The smallest absolute Gasteiger partial charge is 0.307 e. The number of aromatic amines is 2. The van der Waals surface area contributed by atoms with Crippen molar-refractivity contribution in [3.63, 3.8) is 0 Å². The molecule has 0 bridgehead atoms. The van der Waals surface area contributed by atoms with Crippen LogP contribution in [-0.2, 0) is 0 Å². The van der Waals surface area contributed by atoms with Gasteiger partial charge in [0, 0.05) is 6.54 Å². The Morgan fingerprint density at radius 3 is 2.38 bits per heavy atom. The maximum Gasteiger partial charge on any atom is 0.342 e. The van der Waals surface area contributed by atoms with E-state index < -0.39 is 0 Å². The molecule has 1 aromatic rings. The van der Waals surface area contributed by atoms with Crippen molar-refractivity contribution in [2.24, 2.45) is 5.92 Å². The summed E-state index contributed by atoms with van der Waals surface area (Å²) in [6.07, 6.45) is 0.938. The molecule has 0 aliphatic heterocycles. The minimum absolute atomic E-state index is 0.123. The number of nitrogens with one attached hydrogen (secondary N) is 2. The molecule has 1 atom stereocenters. The maximum absolute atomic E-state index is 11.6. The van der Waals surface area contributed by atoms with Gasteiger partial charge < -0.3 is 4.90 Å². The molecule has 2 N–H and O–H groups in total. The molecule has 0 spiro atoms. The van der Waals surface area contributed by atoms with E-state index in [1.165, 1.54) is 0 Å². The van der Waals surface area contributed by atoms with Gasteiger partial charge in [-0.1, -0.05) is 13.8 Å². The molecule has 0 saturated heterocycles. The SMILES string of the molecule is CC(C)CC(CN(C)C)n1c(=O)[nH][nH]c1=S. The van der Waals surface area contributed by atoms with Gasteiger partial charge in [0.25, 0.3) is 0 Å². The fourth-order valence-electron chi connectivity index (χ4n) is 1.88. The van der Waals surface area contributed by atoms with Gasteiger partial charge in [-0.3, -0.25) is 9.67 Å². The van der Waals surface area contributed by atoms with Crippen LogP contribution >= 0.6 is 12.2 Å². The van der Waals surface area contributed by atoms with Crippen LogP contribution in [0, 0.1) is 10.7 Å². The third-order valence-corrected chi connectivity index (χ3v) is 2.70. The first kappa shape index (κ1) is 13.2. The normalized spacial score (nSPS) is 13.6. The second-order valence-corrected chi connectivity index (χ2v) is 5.16. The van der Waals surface area contributed by atoms with E-state index in [1.54, 1.807) is 4.57 Å². The molecule has 0 aliphatic rings. The summed E-state index contributed by atoms with van der Waals surface area (Å²) in [4.78, 5) is 13.7. The molecule has 16 heavy (non-hydrogen) atoms. The first-order chi connectivity index (χ1) is 7.41. The molecule has 1 rings (SSSR count). The molecule has 1 heterocycles. The van der Waals surface area contributed by atoms with E-state index in [2.05, 4.69) is 28.9 Å². The average Bonchev–Trinajstić information content (AvgIpc) is 2.43. The van der Waals surface area contributed by atoms with Crippen LogP contribution in [0.5, 0.6) is 0 Å². The largest absolute Gasteiger partial charge is 0.342 e. The van der Waals surface area contributed by atoms with Gasteiger partial charge >= 0.3 is 5.69 Å². The zero-order chi connectivity index (χ0) is 12.3. The van der Waals surface area contributed by atoms with Crippen molar-refractivity contribution in [3.05, 3.63) is 15.3 Å². The maximum atomic E-state index is 11.6. The Morgan fingerprint density at radius 2 is 2.00 bits per heavy atom. The topological polar surface area (TPSA) is 56.8 Å². The van der Waals surface area contributed by atoms with Crippen LogP contribution in [0.15, 0.2) is 4.79 Å². The highest BCUT2D eigenvalue weighted by atomic mass is 32.1. The van der Waals surface area contributed by atoms with Crippen molar-refractivity contribution in [3.8, 4) is 0 Å². The zero-order valence-electron chi connectivity index (χ0n) is 10.3. The molecule has 92 valence electrons. The Labute approximate surface area is 100 Å². The molecule has 0 fully saturated rings. The fraction of sp³-hybridized carbons (Fsp3) is 0.800. The van der Waals surface area contributed by atoms with Crippen LogP contribution in [-0.4, -0.2) is 40.3 Å². The van der Waals surface area contributed by atoms with Crippen molar-refractivity contribution in [1.82, 2.24) is 19.7 Å². The summed E-state index contributed by atoms with van der Waals surface area (Å²) in [6.45, 7) is 5.10. The van der Waals surface area contributed by atoms with Crippen LogP contribution in [0.4, 0.5) is 0 Å². The van der Waals surface area contributed by atoms with Crippen LogP contribution in [0.1, 0.15) is 26.3 Å². The van der Waals surface area contributed by atoms with Crippen molar-refractivity contribution in [2.75, 3.05) is 20.6 Å². The van der Waals surface area contributed by atoms with Crippen LogP contribution in [0.2, 0.25) is 0 Å². The van der Waals surface area contributed by atoms with E-state index in [4.69, 9.17) is 12.2 Å². The van der Waals surface area contributed by atoms with Crippen LogP contribution in [0.25, 0.3) is 0 Å². The second kappa shape index (κ2) is 5.45. The molecule has 0 aromatic carbocycles. The Kier molecular flexibility index (Phi) is 4.49. The summed E-state index contributed by atoms with van der Waals surface area (Å²) in [5.41, 5.74) is -0.155. The molecule has 1 aromatic heterocycles. The fourth-order valence-corrected chi connectivity index (χ4v) is 2.16. The Morgan fingerprint density at radius 1 is 1.38 bits per heavy atom. The third kappa shape index (κ3) is 3.31. The molecule has 5 nitrogen and oxygen atoms in total. The highest BCUT2D eigenvalue weighted by Gasteiger charge is 2.17. The first-order valence-corrected chi connectivity index (χ1v) is 5.86. The van der Waals surface area contributed by atoms with Gasteiger partial charge in [0.05, 0.1) is 6.04 Å². The van der Waals surface area contributed by atoms with Crippen LogP contribution < -0.4 is 5.69 Å².